The summed E-state index contributed by atoms with van der Waals surface area (Å²) in [5.74, 6) is 0.189. The number of aryl methyl sites for hydroxylation is 1. The minimum Gasteiger partial charge on any atom is -0.337 e. The monoisotopic (exact) mass is 319 g/mol. The molecule has 3 heterocycles. The predicted octanol–water partition coefficient (Wildman–Crippen LogP) is 1.84. The molecule has 0 aliphatic carbocycles. The van der Waals surface area contributed by atoms with Gasteiger partial charge in [-0.15, -0.1) is 5.10 Å². The molecule has 0 radical (unpaired) electrons. The van der Waals surface area contributed by atoms with Crippen LogP contribution < -0.4 is 0 Å². The Bertz CT molecular complexity index is 507. The normalized spacial score (nSPS) is 23.7. The summed E-state index contributed by atoms with van der Waals surface area (Å²) in [4.78, 5) is 17.4. The molecule has 2 fully saturated rings. The van der Waals surface area contributed by atoms with Gasteiger partial charge < -0.3 is 9.80 Å². The summed E-state index contributed by atoms with van der Waals surface area (Å²) in [5.41, 5.74) is 0.859. The Morgan fingerprint density at radius 3 is 2.57 bits per heavy atom. The van der Waals surface area contributed by atoms with Crippen molar-refractivity contribution in [1.29, 1.82) is 0 Å². The van der Waals surface area contributed by atoms with Gasteiger partial charge in [-0.1, -0.05) is 18.1 Å². The third kappa shape index (κ3) is 4.53. The van der Waals surface area contributed by atoms with Gasteiger partial charge in [-0.3, -0.25) is 4.79 Å². The Morgan fingerprint density at radius 1 is 1.13 bits per heavy atom. The quantitative estimate of drug-likeness (QED) is 0.850. The van der Waals surface area contributed by atoms with Crippen LogP contribution >= 0.6 is 0 Å². The van der Waals surface area contributed by atoms with Crippen LogP contribution in [0.1, 0.15) is 50.6 Å². The standard InChI is InChI=1S/C17H29N5O/c1-15-12-21(19-18-15)14-17(23)22-11-7-4-8-16(22)13-20-9-5-2-3-6-10-20/h12,16H,2-11,13-14H2,1H3. The first-order chi connectivity index (χ1) is 11.2. The van der Waals surface area contributed by atoms with Crippen molar-refractivity contribution < 1.29 is 4.79 Å². The van der Waals surface area contributed by atoms with E-state index in [-0.39, 0.29) is 5.91 Å². The van der Waals surface area contributed by atoms with Gasteiger partial charge in [-0.25, -0.2) is 4.68 Å². The molecular weight excluding hydrogens is 290 g/mol. The highest BCUT2D eigenvalue weighted by Gasteiger charge is 2.28. The lowest BCUT2D eigenvalue weighted by molar-refractivity contribution is -0.136. The molecule has 2 aliphatic rings. The maximum Gasteiger partial charge on any atom is 0.244 e. The van der Waals surface area contributed by atoms with Gasteiger partial charge >= 0.3 is 0 Å². The Balaban J connectivity index is 1.59. The first-order valence-corrected chi connectivity index (χ1v) is 9.11. The highest BCUT2D eigenvalue weighted by Crippen LogP contribution is 2.20. The van der Waals surface area contributed by atoms with Crippen molar-refractivity contribution in [3.63, 3.8) is 0 Å². The molecule has 1 atom stereocenters. The number of amides is 1. The van der Waals surface area contributed by atoms with E-state index in [1.807, 2.05) is 13.1 Å². The van der Waals surface area contributed by atoms with Crippen molar-refractivity contribution in [1.82, 2.24) is 24.8 Å². The summed E-state index contributed by atoms with van der Waals surface area (Å²) in [6.07, 6.45) is 10.7. The van der Waals surface area contributed by atoms with Crippen LogP contribution in [0.4, 0.5) is 0 Å². The lowest BCUT2D eigenvalue weighted by atomic mass is 10.0. The fourth-order valence-corrected chi connectivity index (χ4v) is 3.84. The number of likely N-dealkylation sites (tertiary alicyclic amines) is 2. The van der Waals surface area contributed by atoms with Crippen molar-refractivity contribution in [2.45, 2.75) is 64.5 Å². The molecule has 1 amide bonds. The second-order valence-electron chi connectivity index (χ2n) is 7.01. The van der Waals surface area contributed by atoms with E-state index in [0.717, 1.165) is 31.6 Å². The van der Waals surface area contributed by atoms with Crippen LogP contribution in [-0.4, -0.2) is 62.9 Å². The zero-order valence-corrected chi connectivity index (χ0v) is 14.3. The Hall–Kier alpha value is -1.43. The molecule has 3 rings (SSSR count). The number of carbonyl (C=O) groups is 1. The van der Waals surface area contributed by atoms with Gasteiger partial charge in [0.2, 0.25) is 5.91 Å². The van der Waals surface area contributed by atoms with E-state index in [4.69, 9.17) is 0 Å². The number of carbonyl (C=O) groups excluding carboxylic acids is 1. The molecule has 2 aliphatic heterocycles. The van der Waals surface area contributed by atoms with Gasteiger partial charge in [0.25, 0.3) is 0 Å². The fraction of sp³-hybridized carbons (Fsp3) is 0.824. The molecule has 0 spiro atoms. The molecule has 1 unspecified atom stereocenters. The van der Waals surface area contributed by atoms with Gasteiger partial charge in [-0.05, 0) is 52.1 Å². The summed E-state index contributed by atoms with van der Waals surface area (Å²) in [6.45, 7) is 6.54. The zero-order valence-electron chi connectivity index (χ0n) is 14.3. The number of aromatic nitrogens is 3. The number of rotatable bonds is 4. The maximum atomic E-state index is 12.7. The van der Waals surface area contributed by atoms with Crippen molar-refractivity contribution in [2.75, 3.05) is 26.2 Å². The fourth-order valence-electron chi connectivity index (χ4n) is 3.84. The van der Waals surface area contributed by atoms with Gasteiger partial charge in [0.05, 0.1) is 5.69 Å². The second kappa shape index (κ2) is 7.90. The van der Waals surface area contributed by atoms with E-state index in [9.17, 15) is 4.79 Å². The number of hydrogen-bond acceptors (Lipinski definition) is 4. The third-order valence-corrected chi connectivity index (χ3v) is 5.07. The molecule has 6 heteroatoms. The molecule has 1 aromatic rings. The zero-order chi connectivity index (χ0) is 16.1. The minimum absolute atomic E-state index is 0.189. The highest BCUT2D eigenvalue weighted by molar-refractivity contribution is 5.76. The number of hydrogen-bond donors (Lipinski definition) is 0. The first kappa shape index (κ1) is 16.4. The smallest absolute Gasteiger partial charge is 0.244 e. The third-order valence-electron chi connectivity index (χ3n) is 5.07. The molecular formula is C17H29N5O. The summed E-state index contributed by atoms with van der Waals surface area (Å²) >= 11 is 0. The molecule has 2 saturated heterocycles. The molecule has 6 nitrogen and oxygen atoms in total. The Labute approximate surface area is 138 Å². The van der Waals surface area contributed by atoms with Crippen molar-refractivity contribution in [3.05, 3.63) is 11.9 Å². The summed E-state index contributed by atoms with van der Waals surface area (Å²) in [7, 11) is 0. The summed E-state index contributed by atoms with van der Waals surface area (Å²) in [5, 5.41) is 7.98. The Kier molecular flexibility index (Phi) is 5.65. The number of piperidine rings is 1. The van der Waals surface area contributed by atoms with Crippen LogP contribution in [-0.2, 0) is 11.3 Å². The maximum absolute atomic E-state index is 12.7. The van der Waals surface area contributed by atoms with Crippen molar-refractivity contribution >= 4 is 5.91 Å². The van der Waals surface area contributed by atoms with E-state index in [1.54, 1.807) is 4.68 Å². The van der Waals surface area contributed by atoms with Crippen LogP contribution in [0, 0.1) is 6.92 Å². The SMILES string of the molecule is Cc1cn(CC(=O)N2CCCCC2CN2CCCCCC2)nn1. The lowest BCUT2D eigenvalue weighted by Crippen LogP contribution is -2.50. The predicted molar refractivity (Wildman–Crippen MR) is 89.0 cm³/mol. The van der Waals surface area contributed by atoms with Crippen LogP contribution in [0.3, 0.4) is 0 Å². The van der Waals surface area contributed by atoms with Crippen LogP contribution in [0.5, 0.6) is 0 Å². The van der Waals surface area contributed by atoms with Gasteiger partial charge in [0, 0.05) is 25.3 Å². The number of nitrogens with zero attached hydrogens (tertiary/aromatic N) is 5. The van der Waals surface area contributed by atoms with Gasteiger partial charge in [0.1, 0.15) is 6.54 Å². The van der Waals surface area contributed by atoms with E-state index >= 15 is 0 Å². The summed E-state index contributed by atoms with van der Waals surface area (Å²) < 4.78 is 1.66. The van der Waals surface area contributed by atoms with Crippen LogP contribution in [0.2, 0.25) is 0 Å². The van der Waals surface area contributed by atoms with E-state index in [0.29, 0.717) is 12.6 Å². The summed E-state index contributed by atoms with van der Waals surface area (Å²) in [6, 6.07) is 0.374. The van der Waals surface area contributed by atoms with E-state index in [2.05, 4.69) is 20.1 Å². The molecule has 1 aromatic heterocycles. The molecule has 23 heavy (non-hydrogen) atoms. The van der Waals surface area contributed by atoms with E-state index < -0.39 is 0 Å². The Morgan fingerprint density at radius 2 is 1.87 bits per heavy atom. The van der Waals surface area contributed by atoms with E-state index in [1.165, 1.54) is 45.2 Å². The first-order valence-electron chi connectivity index (χ1n) is 9.11. The molecule has 0 aromatic carbocycles. The molecule has 0 saturated carbocycles. The van der Waals surface area contributed by atoms with Gasteiger partial charge in [0.15, 0.2) is 0 Å². The van der Waals surface area contributed by atoms with Crippen molar-refractivity contribution in [2.24, 2.45) is 0 Å². The van der Waals surface area contributed by atoms with Crippen LogP contribution in [0.25, 0.3) is 0 Å². The highest BCUT2D eigenvalue weighted by atomic mass is 16.2. The van der Waals surface area contributed by atoms with Crippen molar-refractivity contribution in [3.8, 4) is 0 Å². The second-order valence-corrected chi connectivity index (χ2v) is 7.01. The average molecular weight is 319 g/mol. The molecule has 0 bridgehead atoms. The molecule has 128 valence electrons. The van der Waals surface area contributed by atoms with Crippen LogP contribution in [0.15, 0.2) is 6.20 Å². The average Bonchev–Trinajstić information content (AvgIpc) is 2.80. The van der Waals surface area contributed by atoms with Gasteiger partial charge in [-0.2, -0.15) is 0 Å². The minimum atomic E-state index is 0.189. The lowest BCUT2D eigenvalue weighted by Gasteiger charge is -2.38. The topological polar surface area (TPSA) is 54.3 Å². The largest absolute Gasteiger partial charge is 0.337 e. The molecule has 0 N–H and O–H groups in total.